The molecule has 5 aliphatic rings. The fraction of sp³-hybridized carbons (Fsp3) is 0.969. The highest BCUT2D eigenvalue weighted by atomic mass is 16.8. The van der Waals surface area contributed by atoms with Gasteiger partial charge in [0.1, 0.15) is 122 Å². The van der Waals surface area contributed by atoms with Crippen LogP contribution >= 0.6 is 0 Å². The Morgan fingerprint density at radius 3 is 1.29 bits per heavy atom. The molecule has 25 atom stereocenters. The lowest BCUT2D eigenvalue weighted by Gasteiger charge is -2.50. The molecular weight excluding hydrogens is 814 g/mol. The van der Waals surface area contributed by atoms with Gasteiger partial charge < -0.3 is 130 Å². The van der Waals surface area contributed by atoms with Crippen LogP contribution in [0.5, 0.6) is 0 Å². The third-order valence-corrected chi connectivity index (χ3v) is 10.7. The van der Waals surface area contributed by atoms with Gasteiger partial charge in [-0.1, -0.05) is 0 Å². The lowest BCUT2D eigenvalue weighted by atomic mass is 9.94. The van der Waals surface area contributed by atoms with Gasteiger partial charge in [-0.15, -0.1) is 0 Å². The number of carbonyl (C=O) groups is 1. The van der Waals surface area contributed by atoms with E-state index in [1.807, 2.05) is 0 Å². The van der Waals surface area contributed by atoms with Crippen molar-refractivity contribution in [3.05, 3.63) is 0 Å². The summed E-state index contributed by atoms with van der Waals surface area (Å²) in [5, 5.41) is 169. The molecule has 0 aromatic carbocycles. The van der Waals surface area contributed by atoms with Crippen molar-refractivity contribution >= 4 is 5.91 Å². The number of nitrogens with one attached hydrogen (secondary N) is 1. The fourth-order valence-corrected chi connectivity index (χ4v) is 7.43. The molecule has 0 aromatic heterocycles. The van der Waals surface area contributed by atoms with Crippen molar-refractivity contribution in [2.24, 2.45) is 0 Å². The van der Waals surface area contributed by atoms with E-state index >= 15 is 0 Å². The van der Waals surface area contributed by atoms with Crippen molar-refractivity contribution in [1.29, 1.82) is 0 Å². The predicted octanol–water partition coefficient (Wildman–Crippen LogP) is -11.8. The first-order valence-electron chi connectivity index (χ1n) is 18.6. The molecule has 0 unspecified atom stereocenters. The van der Waals surface area contributed by atoms with Crippen LogP contribution in [-0.4, -0.2) is 274 Å². The molecule has 1 amide bonds. The van der Waals surface area contributed by atoms with Gasteiger partial charge in [-0.3, -0.25) is 4.79 Å². The minimum atomic E-state index is -2.15. The number of hydrogen-bond acceptors (Lipinski definition) is 26. The van der Waals surface area contributed by atoms with Crippen LogP contribution in [0.4, 0.5) is 0 Å². The second-order valence-corrected chi connectivity index (χ2v) is 14.7. The maximum Gasteiger partial charge on any atom is 0.217 e. The number of carbonyl (C=O) groups excluding carboxylic acids is 1. The molecule has 5 heterocycles. The predicted molar refractivity (Wildman–Crippen MR) is 178 cm³/mol. The first kappa shape index (κ1) is 48.5. The summed E-state index contributed by atoms with van der Waals surface area (Å²) in [5.41, 5.74) is 0. The highest BCUT2D eigenvalue weighted by Gasteiger charge is 2.57. The van der Waals surface area contributed by atoms with Crippen LogP contribution in [-0.2, 0) is 47.4 Å². The molecule has 0 bridgehead atoms. The number of amides is 1. The zero-order chi connectivity index (χ0) is 43.6. The summed E-state index contributed by atoms with van der Waals surface area (Å²) in [6.45, 7) is -3.58. The number of aliphatic hydroxyl groups is 16. The third-order valence-electron chi connectivity index (χ3n) is 10.7. The molecule has 5 aliphatic heterocycles. The zero-order valence-corrected chi connectivity index (χ0v) is 31.2. The van der Waals surface area contributed by atoms with Gasteiger partial charge in [0.2, 0.25) is 5.91 Å². The Labute approximate surface area is 333 Å². The summed E-state index contributed by atoms with van der Waals surface area (Å²) in [6, 6.07) is -1.67. The van der Waals surface area contributed by atoms with Gasteiger partial charge in [-0.25, -0.2) is 0 Å². The van der Waals surface area contributed by atoms with Crippen LogP contribution in [0.2, 0.25) is 0 Å². The average Bonchev–Trinajstić information content (AvgIpc) is 3.21. The normalized spacial score (nSPS) is 51.0. The number of rotatable bonds is 14. The average molecular weight is 870 g/mol. The summed E-state index contributed by atoms with van der Waals surface area (Å²) in [6.07, 6.45) is -44.4. The van der Waals surface area contributed by atoms with E-state index in [-0.39, 0.29) is 0 Å². The molecule has 59 heavy (non-hydrogen) atoms. The highest BCUT2D eigenvalue weighted by molar-refractivity contribution is 5.73. The number of hydrogen-bond donors (Lipinski definition) is 17. The molecule has 5 rings (SSSR count). The van der Waals surface area contributed by atoms with Crippen molar-refractivity contribution in [3.63, 3.8) is 0 Å². The topological polar surface area (TPSA) is 436 Å². The molecule has 344 valence electrons. The van der Waals surface area contributed by atoms with Crippen molar-refractivity contribution in [1.82, 2.24) is 5.32 Å². The van der Waals surface area contributed by atoms with Crippen molar-refractivity contribution in [2.45, 2.75) is 160 Å². The van der Waals surface area contributed by atoms with Gasteiger partial charge in [0, 0.05) is 6.92 Å². The summed E-state index contributed by atoms with van der Waals surface area (Å²) >= 11 is 0. The largest absolute Gasteiger partial charge is 0.394 e. The van der Waals surface area contributed by atoms with Gasteiger partial charge in [0.05, 0.1) is 33.0 Å². The molecule has 27 nitrogen and oxygen atoms in total. The second-order valence-electron chi connectivity index (χ2n) is 14.7. The van der Waals surface area contributed by atoms with E-state index in [2.05, 4.69) is 5.32 Å². The van der Waals surface area contributed by atoms with Crippen molar-refractivity contribution < 1.29 is 129 Å². The van der Waals surface area contributed by atoms with Gasteiger partial charge in [0.15, 0.2) is 31.5 Å². The molecule has 5 fully saturated rings. The van der Waals surface area contributed by atoms with Crippen LogP contribution in [0.25, 0.3) is 0 Å². The number of aliphatic hydroxyl groups excluding tert-OH is 16. The summed E-state index contributed by atoms with van der Waals surface area (Å²) in [5.74, 6) is -0.805. The zero-order valence-electron chi connectivity index (χ0n) is 31.2. The molecular formula is C32H55NO26. The van der Waals surface area contributed by atoms with E-state index in [0.29, 0.717) is 0 Å². The molecule has 0 radical (unpaired) electrons. The standard InChI is InChI=1S/C32H55NO26/c1-7(39)33-13-26(58-30-21(47)17(43)14(40)8(2-34)53-30)15(41)9(3-35)52-29(13)59-27-16(42)10(4-36)54-32(23(27)49)57-25-12(6-38)55-31(22(48)19(25)45)56-24-11(5-37)51-28(50)20(46)18(24)44/h8-32,34-38,40-50H,2-6H2,1H3,(H,33,39)/t8-,9-,10-,11-,12-,13-,14+,15+,16+,17+,18-,19-,20-,21-,22-,23-,24-,25+,26-,27+,28-,29+,30+,31+,32+/m1/s1. The van der Waals surface area contributed by atoms with Crippen LogP contribution in [0, 0.1) is 0 Å². The summed E-state index contributed by atoms with van der Waals surface area (Å²) in [7, 11) is 0. The molecule has 5 saturated heterocycles. The molecule has 27 heteroatoms. The minimum absolute atomic E-state index is 0.805. The quantitative estimate of drug-likeness (QED) is 0.0770. The molecule has 17 N–H and O–H groups in total. The SMILES string of the molecule is CC(=O)N[C@H]1[C@H](O[C@H]2[C@@H](O)[C@@H](CO)O[C@@H](O[C@@H]3[C@H](O)[C@@H](O)[C@H](O[C@H]4[C@H](O)[C@@H](O)[C@H](O)O[C@@H]4CO)O[C@@H]3CO)[C@@H]2O)O[C@H](CO)[C@H](O)[C@@H]1O[C@@H]1O[C@H](CO)[C@H](O)[C@H](O)[C@H]1O. The highest BCUT2D eigenvalue weighted by Crippen LogP contribution is 2.35. The van der Waals surface area contributed by atoms with E-state index in [1.165, 1.54) is 0 Å². The minimum Gasteiger partial charge on any atom is -0.394 e. The lowest BCUT2D eigenvalue weighted by Crippen LogP contribution is -2.70. The Kier molecular flexibility index (Phi) is 17.1. The molecule has 0 aromatic rings. The molecule has 0 aliphatic carbocycles. The van der Waals surface area contributed by atoms with Crippen LogP contribution in [0.15, 0.2) is 0 Å². The Morgan fingerprint density at radius 1 is 0.407 bits per heavy atom. The fourth-order valence-electron chi connectivity index (χ4n) is 7.43. The van der Waals surface area contributed by atoms with E-state index in [9.17, 15) is 86.5 Å². The third kappa shape index (κ3) is 10.2. The van der Waals surface area contributed by atoms with Crippen molar-refractivity contribution in [2.75, 3.05) is 33.0 Å². The van der Waals surface area contributed by atoms with Crippen molar-refractivity contribution in [3.8, 4) is 0 Å². The monoisotopic (exact) mass is 869 g/mol. The first-order chi connectivity index (χ1) is 27.9. The maximum absolute atomic E-state index is 12.4. The smallest absolute Gasteiger partial charge is 0.217 e. The Bertz CT molecular complexity index is 1320. The van der Waals surface area contributed by atoms with E-state index in [0.717, 1.165) is 6.92 Å². The Hall–Kier alpha value is -1.53. The second kappa shape index (κ2) is 20.8. The molecule has 0 spiro atoms. The van der Waals surface area contributed by atoms with Crippen LogP contribution in [0.1, 0.15) is 6.92 Å². The van der Waals surface area contributed by atoms with E-state index in [1.54, 1.807) is 0 Å². The number of ether oxygens (including phenoxy) is 9. The Morgan fingerprint density at radius 2 is 0.780 bits per heavy atom. The Balaban J connectivity index is 1.35. The van der Waals surface area contributed by atoms with Gasteiger partial charge >= 0.3 is 0 Å². The van der Waals surface area contributed by atoms with E-state index < -0.39 is 192 Å². The van der Waals surface area contributed by atoms with Crippen LogP contribution in [0.3, 0.4) is 0 Å². The van der Waals surface area contributed by atoms with Gasteiger partial charge in [-0.05, 0) is 0 Å². The summed E-state index contributed by atoms with van der Waals surface area (Å²) < 4.78 is 50.1. The molecule has 0 saturated carbocycles. The summed E-state index contributed by atoms with van der Waals surface area (Å²) in [4.78, 5) is 12.4. The van der Waals surface area contributed by atoms with Gasteiger partial charge in [0.25, 0.3) is 0 Å². The first-order valence-corrected chi connectivity index (χ1v) is 18.6. The van der Waals surface area contributed by atoms with Crippen LogP contribution < -0.4 is 5.32 Å². The lowest BCUT2D eigenvalue weighted by molar-refractivity contribution is -0.388. The van der Waals surface area contributed by atoms with E-state index in [4.69, 9.17) is 42.6 Å². The van der Waals surface area contributed by atoms with Gasteiger partial charge in [-0.2, -0.15) is 0 Å². The maximum atomic E-state index is 12.4.